The second-order valence-electron chi connectivity index (χ2n) is 5.05. The highest BCUT2D eigenvalue weighted by molar-refractivity contribution is 5.19. The quantitative estimate of drug-likeness (QED) is 0.549. The molecule has 0 fully saturated rings. The van der Waals surface area contributed by atoms with Crippen molar-refractivity contribution in [3.8, 4) is 0 Å². The van der Waals surface area contributed by atoms with E-state index in [0.717, 1.165) is 29.3 Å². The molecule has 0 radical (unpaired) electrons. The van der Waals surface area contributed by atoms with Crippen molar-refractivity contribution in [2.75, 3.05) is 13.1 Å². The van der Waals surface area contributed by atoms with Gasteiger partial charge < -0.3 is 0 Å². The van der Waals surface area contributed by atoms with Crippen LogP contribution in [0.2, 0.25) is 0 Å². The summed E-state index contributed by atoms with van der Waals surface area (Å²) in [5.74, 6) is 0. The van der Waals surface area contributed by atoms with Gasteiger partial charge in [0, 0.05) is 0 Å². The Labute approximate surface area is 126 Å². The highest BCUT2D eigenvalue weighted by Crippen LogP contribution is 2.26. The normalized spacial score (nSPS) is 12.8. The third kappa shape index (κ3) is 4.13. The first-order chi connectivity index (χ1) is 10.3. The van der Waals surface area contributed by atoms with E-state index in [0.29, 0.717) is 0 Å². The van der Waals surface area contributed by atoms with Gasteiger partial charge in [0.25, 0.3) is 0 Å². The van der Waals surface area contributed by atoms with Crippen LogP contribution in [0.3, 0.4) is 0 Å². The summed E-state index contributed by atoms with van der Waals surface area (Å²) in [4.78, 5) is 2.12. The van der Waals surface area contributed by atoms with E-state index in [1.807, 2.05) is 60.7 Å². The van der Waals surface area contributed by atoms with E-state index < -0.39 is 0 Å². The molecular formula is C18H23FN2. The lowest BCUT2D eigenvalue weighted by atomic mass is 10.1. The second-order valence-corrected chi connectivity index (χ2v) is 5.05. The fourth-order valence-corrected chi connectivity index (χ4v) is 2.59. The van der Waals surface area contributed by atoms with Crippen LogP contribution in [0, 0.1) is 0 Å². The zero-order chi connectivity index (χ0) is 15.1. The van der Waals surface area contributed by atoms with Crippen molar-refractivity contribution < 1.29 is 4.48 Å². The van der Waals surface area contributed by atoms with Gasteiger partial charge in [0.2, 0.25) is 0 Å². The minimum atomic E-state index is -0.346. The first-order valence-corrected chi connectivity index (χ1v) is 7.51. The van der Waals surface area contributed by atoms with Crippen LogP contribution in [0.25, 0.3) is 0 Å². The smallest absolute Gasteiger partial charge is 0.118 e. The van der Waals surface area contributed by atoms with E-state index in [1.165, 1.54) is 0 Å². The lowest BCUT2D eigenvalue weighted by molar-refractivity contribution is -0.0998. The fraction of sp³-hybridized carbons (Fsp3) is 0.333. The Morgan fingerprint density at radius 1 is 0.857 bits per heavy atom. The van der Waals surface area contributed by atoms with Crippen molar-refractivity contribution in [1.29, 1.82) is 0 Å². The van der Waals surface area contributed by atoms with Crippen molar-refractivity contribution in [1.82, 2.24) is 10.0 Å². The molecule has 1 atom stereocenters. The Morgan fingerprint density at radius 2 is 1.38 bits per heavy atom. The van der Waals surface area contributed by atoms with E-state index in [-0.39, 0.29) is 12.7 Å². The molecule has 0 amide bonds. The summed E-state index contributed by atoms with van der Waals surface area (Å²) in [6.07, 6.45) is -0.346. The van der Waals surface area contributed by atoms with Gasteiger partial charge in [-0.15, -0.1) is 9.60 Å². The Balaban J connectivity index is 2.22. The molecule has 2 aromatic carbocycles. The Morgan fingerprint density at radius 3 is 1.90 bits per heavy atom. The maximum absolute atomic E-state index is 14.9. The van der Waals surface area contributed by atoms with Gasteiger partial charge in [-0.1, -0.05) is 74.5 Å². The number of hydrogen-bond donors (Lipinski definition) is 0. The van der Waals surface area contributed by atoms with Gasteiger partial charge in [0.05, 0.1) is 6.54 Å². The molecule has 2 rings (SSSR count). The molecule has 112 valence electrons. The summed E-state index contributed by atoms with van der Waals surface area (Å²) >= 11 is 0. The van der Waals surface area contributed by atoms with Crippen LogP contribution >= 0.6 is 0 Å². The van der Waals surface area contributed by atoms with Gasteiger partial charge in [-0.25, -0.2) is 0 Å². The molecule has 21 heavy (non-hydrogen) atoms. The molecule has 0 spiro atoms. The van der Waals surface area contributed by atoms with Crippen molar-refractivity contribution in [2.24, 2.45) is 0 Å². The van der Waals surface area contributed by atoms with Gasteiger partial charge in [0.15, 0.2) is 0 Å². The van der Waals surface area contributed by atoms with E-state index in [2.05, 4.69) is 18.7 Å². The van der Waals surface area contributed by atoms with Crippen LogP contribution in [0.4, 0.5) is 4.48 Å². The van der Waals surface area contributed by atoms with Crippen LogP contribution < -0.4 is 0 Å². The van der Waals surface area contributed by atoms with Gasteiger partial charge >= 0.3 is 0 Å². The summed E-state index contributed by atoms with van der Waals surface area (Å²) in [5, 5.41) is 0.928. The van der Waals surface area contributed by atoms with Crippen molar-refractivity contribution >= 4 is 0 Å². The van der Waals surface area contributed by atoms with E-state index in [4.69, 9.17) is 0 Å². The second kappa shape index (κ2) is 7.91. The molecule has 3 heteroatoms. The summed E-state index contributed by atoms with van der Waals surface area (Å²) in [7, 11) is 0. The fourth-order valence-electron chi connectivity index (χ4n) is 2.59. The Bertz CT molecular complexity index is 511. The predicted octanol–water partition coefficient (Wildman–Crippen LogP) is 4.41. The SMILES string of the molecule is CCN(CC)C(c1ccccc1)N(F)Cc1ccccc1. The monoisotopic (exact) mass is 286 g/mol. The molecule has 0 bridgehead atoms. The molecule has 0 saturated heterocycles. The zero-order valence-corrected chi connectivity index (χ0v) is 12.7. The lowest BCUT2D eigenvalue weighted by Gasteiger charge is -2.34. The summed E-state index contributed by atoms with van der Waals surface area (Å²) < 4.78 is 14.9. The molecule has 0 aliphatic heterocycles. The standard InChI is InChI=1S/C18H23FN2/c1-3-20(4-2)18(17-13-9-6-10-14-17)21(19)15-16-11-7-5-8-12-16/h5-14,18H,3-4,15H2,1-2H3. The third-order valence-corrected chi connectivity index (χ3v) is 3.70. The van der Waals surface area contributed by atoms with Crippen LogP contribution in [-0.2, 0) is 6.54 Å². The van der Waals surface area contributed by atoms with Gasteiger partial charge in [-0.05, 0) is 24.2 Å². The number of benzene rings is 2. The van der Waals surface area contributed by atoms with Crippen molar-refractivity contribution in [3.05, 3.63) is 71.8 Å². The largest absolute Gasteiger partial charge is 0.283 e. The lowest BCUT2D eigenvalue weighted by Crippen LogP contribution is -2.37. The molecule has 0 saturated carbocycles. The van der Waals surface area contributed by atoms with E-state index in [9.17, 15) is 4.48 Å². The Hall–Kier alpha value is -1.71. The summed E-state index contributed by atoms with van der Waals surface area (Å²) in [5.41, 5.74) is 1.97. The number of hydrogen-bond acceptors (Lipinski definition) is 2. The molecule has 2 nitrogen and oxygen atoms in total. The molecule has 0 aliphatic rings. The summed E-state index contributed by atoms with van der Waals surface area (Å²) in [6.45, 7) is 6.04. The predicted molar refractivity (Wildman–Crippen MR) is 85.2 cm³/mol. The van der Waals surface area contributed by atoms with Crippen LogP contribution in [0.15, 0.2) is 60.7 Å². The van der Waals surface area contributed by atoms with Crippen molar-refractivity contribution in [2.45, 2.75) is 26.6 Å². The average molecular weight is 286 g/mol. The maximum Gasteiger partial charge on any atom is 0.118 e. The van der Waals surface area contributed by atoms with Crippen molar-refractivity contribution in [3.63, 3.8) is 0 Å². The van der Waals surface area contributed by atoms with Crippen LogP contribution in [0.5, 0.6) is 0 Å². The number of nitrogens with zero attached hydrogens (tertiary/aromatic N) is 2. The minimum Gasteiger partial charge on any atom is -0.283 e. The highest BCUT2D eigenvalue weighted by Gasteiger charge is 2.25. The zero-order valence-electron chi connectivity index (χ0n) is 12.7. The highest BCUT2D eigenvalue weighted by atomic mass is 19.2. The van der Waals surface area contributed by atoms with E-state index in [1.54, 1.807) is 0 Å². The number of halogens is 1. The average Bonchev–Trinajstić information content (AvgIpc) is 2.54. The number of rotatable bonds is 7. The van der Waals surface area contributed by atoms with Gasteiger partial charge in [-0.2, -0.15) is 0 Å². The minimum absolute atomic E-state index is 0.289. The maximum atomic E-state index is 14.9. The molecule has 2 aromatic rings. The van der Waals surface area contributed by atoms with Gasteiger partial charge in [0.1, 0.15) is 6.17 Å². The molecule has 0 aliphatic carbocycles. The van der Waals surface area contributed by atoms with Gasteiger partial charge in [-0.3, -0.25) is 4.90 Å². The molecular weight excluding hydrogens is 263 g/mol. The van der Waals surface area contributed by atoms with Crippen LogP contribution in [-0.4, -0.2) is 23.1 Å². The molecule has 0 N–H and O–H groups in total. The molecule has 0 heterocycles. The first-order valence-electron chi connectivity index (χ1n) is 7.51. The van der Waals surface area contributed by atoms with Crippen LogP contribution in [0.1, 0.15) is 31.1 Å². The summed E-state index contributed by atoms with van der Waals surface area (Å²) in [6, 6.07) is 19.6. The molecule has 1 unspecified atom stereocenters. The topological polar surface area (TPSA) is 6.48 Å². The Kier molecular flexibility index (Phi) is 5.90. The first kappa shape index (κ1) is 15.7. The van der Waals surface area contributed by atoms with E-state index >= 15 is 0 Å². The third-order valence-electron chi connectivity index (χ3n) is 3.70. The molecule has 0 aromatic heterocycles.